The lowest BCUT2D eigenvalue weighted by molar-refractivity contribution is -0.212. The van der Waals surface area contributed by atoms with E-state index in [1.54, 1.807) is 4.90 Å². The summed E-state index contributed by atoms with van der Waals surface area (Å²) < 4.78 is 38.2. The summed E-state index contributed by atoms with van der Waals surface area (Å²) in [6, 6.07) is 0.401. The molecule has 3 aliphatic rings. The van der Waals surface area contributed by atoms with Gasteiger partial charge < -0.3 is 19.5 Å². The first-order valence-electron chi connectivity index (χ1n) is 8.50. The molecular formula is C17H20F2N2O4. The SMILES string of the molecule is O=C(c1ncc(F)cc1F)N1C[C@H]2COCC[C@@]2(O)[C@@H]2COCC[C@@H]21. The second kappa shape index (κ2) is 6.26. The monoisotopic (exact) mass is 354 g/mol. The number of piperidine rings is 1. The van der Waals surface area contributed by atoms with E-state index in [-0.39, 0.29) is 24.4 Å². The number of ether oxygens (including phenoxy) is 2. The van der Waals surface area contributed by atoms with Crippen molar-refractivity contribution >= 4 is 5.91 Å². The van der Waals surface area contributed by atoms with Gasteiger partial charge in [0.2, 0.25) is 0 Å². The van der Waals surface area contributed by atoms with Crippen LogP contribution in [0.4, 0.5) is 8.78 Å². The van der Waals surface area contributed by atoms with Crippen molar-refractivity contribution in [3.63, 3.8) is 0 Å². The van der Waals surface area contributed by atoms with Gasteiger partial charge in [0.05, 0.1) is 25.0 Å². The number of carbonyl (C=O) groups is 1. The number of hydrogen-bond acceptors (Lipinski definition) is 5. The maximum Gasteiger partial charge on any atom is 0.275 e. The van der Waals surface area contributed by atoms with Gasteiger partial charge in [0.15, 0.2) is 11.5 Å². The van der Waals surface area contributed by atoms with Gasteiger partial charge >= 0.3 is 0 Å². The van der Waals surface area contributed by atoms with Gasteiger partial charge in [0.1, 0.15) is 5.82 Å². The summed E-state index contributed by atoms with van der Waals surface area (Å²) in [4.78, 5) is 18.1. The van der Waals surface area contributed by atoms with Crippen molar-refractivity contribution < 1.29 is 28.2 Å². The van der Waals surface area contributed by atoms with Crippen LogP contribution in [-0.2, 0) is 9.47 Å². The molecule has 0 unspecified atom stereocenters. The Kier molecular flexibility index (Phi) is 4.21. The van der Waals surface area contributed by atoms with Crippen LogP contribution in [0.2, 0.25) is 0 Å². The first-order chi connectivity index (χ1) is 12.0. The minimum atomic E-state index is -0.977. The molecule has 4 heterocycles. The third kappa shape index (κ3) is 2.72. The van der Waals surface area contributed by atoms with Crippen LogP contribution >= 0.6 is 0 Å². The second-order valence-corrected chi connectivity index (χ2v) is 6.99. The third-order valence-corrected chi connectivity index (χ3v) is 5.72. The first kappa shape index (κ1) is 16.8. The van der Waals surface area contributed by atoms with Gasteiger partial charge in [-0.25, -0.2) is 13.8 Å². The molecule has 6 nitrogen and oxygen atoms in total. The Balaban J connectivity index is 1.67. The molecule has 25 heavy (non-hydrogen) atoms. The molecule has 3 saturated heterocycles. The largest absolute Gasteiger partial charge is 0.389 e. The number of fused-ring (bicyclic) bond motifs is 3. The van der Waals surface area contributed by atoms with E-state index in [0.29, 0.717) is 45.3 Å². The summed E-state index contributed by atoms with van der Waals surface area (Å²) in [6.45, 7) is 1.89. The summed E-state index contributed by atoms with van der Waals surface area (Å²) in [7, 11) is 0. The van der Waals surface area contributed by atoms with Gasteiger partial charge in [0, 0.05) is 50.1 Å². The fraction of sp³-hybridized carbons (Fsp3) is 0.647. The van der Waals surface area contributed by atoms with E-state index < -0.39 is 28.8 Å². The number of halogens is 2. The molecule has 1 aromatic rings. The number of aromatic nitrogens is 1. The third-order valence-electron chi connectivity index (χ3n) is 5.72. The van der Waals surface area contributed by atoms with Crippen LogP contribution in [0.5, 0.6) is 0 Å². The first-order valence-corrected chi connectivity index (χ1v) is 8.50. The van der Waals surface area contributed by atoms with Crippen molar-refractivity contribution in [2.24, 2.45) is 11.8 Å². The molecule has 3 fully saturated rings. The number of amides is 1. The van der Waals surface area contributed by atoms with Gasteiger partial charge in [-0.2, -0.15) is 0 Å². The molecule has 0 aromatic carbocycles. The maximum absolute atomic E-state index is 14.0. The summed E-state index contributed by atoms with van der Waals surface area (Å²) in [5.41, 5.74) is -1.34. The Bertz CT molecular complexity index is 689. The van der Waals surface area contributed by atoms with Gasteiger partial charge in [-0.3, -0.25) is 4.79 Å². The summed E-state index contributed by atoms with van der Waals surface area (Å²) in [5.74, 6) is -2.91. The summed E-state index contributed by atoms with van der Waals surface area (Å²) in [6.07, 6.45) is 1.89. The molecule has 0 bridgehead atoms. The van der Waals surface area contributed by atoms with Crippen LogP contribution in [0.25, 0.3) is 0 Å². The lowest BCUT2D eigenvalue weighted by Crippen LogP contribution is -2.68. The number of nitrogens with zero attached hydrogens (tertiary/aromatic N) is 2. The van der Waals surface area contributed by atoms with Gasteiger partial charge in [0.25, 0.3) is 5.91 Å². The zero-order valence-electron chi connectivity index (χ0n) is 13.7. The molecule has 0 radical (unpaired) electrons. The second-order valence-electron chi connectivity index (χ2n) is 6.99. The molecule has 1 N–H and O–H groups in total. The average molecular weight is 354 g/mol. The zero-order valence-corrected chi connectivity index (χ0v) is 13.7. The quantitative estimate of drug-likeness (QED) is 0.814. The normalized spacial score (nSPS) is 35.0. The predicted molar refractivity (Wildman–Crippen MR) is 81.8 cm³/mol. The minimum absolute atomic E-state index is 0.253. The smallest absolute Gasteiger partial charge is 0.275 e. The average Bonchev–Trinajstić information content (AvgIpc) is 2.61. The highest BCUT2D eigenvalue weighted by molar-refractivity contribution is 5.93. The molecule has 4 rings (SSSR count). The maximum atomic E-state index is 14.0. The van der Waals surface area contributed by atoms with E-state index in [9.17, 15) is 18.7 Å². The lowest BCUT2D eigenvalue weighted by Gasteiger charge is -2.57. The molecule has 0 spiro atoms. The number of aliphatic hydroxyl groups is 1. The topological polar surface area (TPSA) is 71.9 Å². The van der Waals surface area contributed by atoms with E-state index in [1.165, 1.54) is 0 Å². The fourth-order valence-electron chi connectivity index (χ4n) is 4.40. The fourth-order valence-corrected chi connectivity index (χ4v) is 4.40. The molecule has 1 aromatic heterocycles. The molecule has 1 amide bonds. The number of carbonyl (C=O) groups excluding carboxylic acids is 1. The molecule has 4 atom stereocenters. The van der Waals surface area contributed by atoms with E-state index in [0.717, 1.165) is 6.20 Å². The zero-order chi connectivity index (χ0) is 17.6. The number of hydrogen-bond donors (Lipinski definition) is 1. The van der Waals surface area contributed by atoms with Crippen LogP contribution in [0, 0.1) is 23.5 Å². The number of pyridine rings is 1. The highest BCUT2D eigenvalue weighted by atomic mass is 19.1. The van der Waals surface area contributed by atoms with Crippen molar-refractivity contribution in [1.82, 2.24) is 9.88 Å². The van der Waals surface area contributed by atoms with Crippen molar-refractivity contribution in [3.8, 4) is 0 Å². The van der Waals surface area contributed by atoms with Crippen LogP contribution in [0.1, 0.15) is 23.3 Å². The number of likely N-dealkylation sites (tertiary alicyclic amines) is 1. The molecular weight excluding hydrogens is 334 g/mol. The standard InChI is InChI=1S/C17H20F2N2O4/c18-11-5-13(19)15(20-6-11)16(22)21-7-10-8-25-4-2-17(10,23)12-9-24-3-1-14(12)21/h5-6,10,12,14,23H,1-4,7-9H2/t10-,12+,14-,17-/m0/s1. The molecule has 8 heteroatoms. The highest BCUT2D eigenvalue weighted by Gasteiger charge is 2.56. The minimum Gasteiger partial charge on any atom is -0.389 e. The Labute approximate surface area is 143 Å². The van der Waals surface area contributed by atoms with Crippen molar-refractivity contribution in [3.05, 3.63) is 29.6 Å². The summed E-state index contributed by atoms with van der Waals surface area (Å²) in [5, 5.41) is 11.2. The Morgan fingerprint density at radius 1 is 1.32 bits per heavy atom. The summed E-state index contributed by atoms with van der Waals surface area (Å²) >= 11 is 0. The van der Waals surface area contributed by atoms with Crippen LogP contribution < -0.4 is 0 Å². The van der Waals surface area contributed by atoms with Crippen LogP contribution in [-0.4, -0.2) is 65.5 Å². The van der Waals surface area contributed by atoms with E-state index >= 15 is 0 Å². The van der Waals surface area contributed by atoms with E-state index in [4.69, 9.17) is 9.47 Å². The number of rotatable bonds is 1. The van der Waals surface area contributed by atoms with Crippen LogP contribution in [0.3, 0.4) is 0 Å². The Hall–Kier alpha value is -1.64. The predicted octanol–water partition coefficient (Wildman–Crippen LogP) is 0.988. The van der Waals surface area contributed by atoms with Crippen LogP contribution in [0.15, 0.2) is 12.3 Å². The molecule has 0 aliphatic carbocycles. The van der Waals surface area contributed by atoms with Gasteiger partial charge in [-0.15, -0.1) is 0 Å². The van der Waals surface area contributed by atoms with Crippen molar-refractivity contribution in [1.29, 1.82) is 0 Å². The van der Waals surface area contributed by atoms with Crippen molar-refractivity contribution in [2.45, 2.75) is 24.5 Å². The molecule has 136 valence electrons. The Morgan fingerprint density at radius 2 is 2.12 bits per heavy atom. The molecule has 3 aliphatic heterocycles. The van der Waals surface area contributed by atoms with Gasteiger partial charge in [-0.05, 0) is 6.42 Å². The van der Waals surface area contributed by atoms with Crippen molar-refractivity contribution in [2.75, 3.05) is 33.0 Å². The lowest BCUT2D eigenvalue weighted by atomic mass is 9.66. The molecule has 0 saturated carbocycles. The van der Waals surface area contributed by atoms with E-state index in [2.05, 4.69) is 4.98 Å². The Morgan fingerprint density at radius 3 is 2.92 bits per heavy atom. The van der Waals surface area contributed by atoms with Gasteiger partial charge in [-0.1, -0.05) is 0 Å². The van der Waals surface area contributed by atoms with E-state index in [1.807, 2.05) is 0 Å². The highest BCUT2D eigenvalue weighted by Crippen LogP contribution is 2.44.